The summed E-state index contributed by atoms with van der Waals surface area (Å²) in [6.45, 7) is 8.35. The Morgan fingerprint density at radius 3 is 2.27 bits per heavy atom. The molecular weight excluding hydrogens is 620 g/mol. The Morgan fingerprint density at radius 2 is 1.65 bits per heavy atom. The predicted octanol–water partition coefficient (Wildman–Crippen LogP) is 3.41. The Labute approximate surface area is 286 Å². The van der Waals surface area contributed by atoms with Crippen LogP contribution >= 0.6 is 0 Å². The first-order valence-corrected chi connectivity index (χ1v) is 16.9. The average molecular weight is 679 g/mol. The van der Waals surface area contributed by atoms with Crippen molar-refractivity contribution in [1.82, 2.24) is 20.4 Å². The fraction of sp³-hybridized carbons (Fsp3) is 0.686. The molecule has 1 aliphatic heterocycles. The minimum absolute atomic E-state index is 0.0177. The summed E-state index contributed by atoms with van der Waals surface area (Å²) in [5.74, 6) is 0.876. The van der Waals surface area contributed by atoms with E-state index in [1.807, 2.05) is 18.2 Å². The van der Waals surface area contributed by atoms with Crippen LogP contribution < -0.4 is 15.4 Å². The molecule has 0 bridgehead atoms. The molecule has 1 saturated heterocycles. The summed E-state index contributed by atoms with van der Waals surface area (Å²) in [6.07, 6.45) is 6.62. The lowest BCUT2D eigenvalue weighted by Crippen LogP contribution is -2.65. The first-order valence-electron chi connectivity index (χ1n) is 16.9. The van der Waals surface area contributed by atoms with Gasteiger partial charge in [-0.2, -0.15) is 0 Å². The molecule has 48 heavy (non-hydrogen) atoms. The number of piperazine rings is 1. The summed E-state index contributed by atoms with van der Waals surface area (Å²) in [5, 5.41) is 16.4. The minimum atomic E-state index is -1.11. The number of allylic oxidation sites excluding steroid dienone is 2. The van der Waals surface area contributed by atoms with Crippen molar-refractivity contribution in [2.45, 2.75) is 58.0 Å². The van der Waals surface area contributed by atoms with Crippen LogP contribution in [0.2, 0.25) is 0 Å². The molecule has 0 aliphatic carbocycles. The van der Waals surface area contributed by atoms with Crippen LogP contribution in [0.15, 0.2) is 30.4 Å². The third-order valence-electron chi connectivity index (χ3n) is 8.05. The fourth-order valence-electron chi connectivity index (χ4n) is 5.61. The summed E-state index contributed by atoms with van der Waals surface area (Å²) in [6, 6.07) is 5.54. The number of nitrogens with one attached hydrogen (secondary N) is 2. The van der Waals surface area contributed by atoms with Gasteiger partial charge in [-0.3, -0.25) is 14.5 Å². The van der Waals surface area contributed by atoms with Gasteiger partial charge in [0.15, 0.2) is 0 Å². The van der Waals surface area contributed by atoms with E-state index < -0.39 is 11.6 Å². The molecule has 3 amide bonds. The van der Waals surface area contributed by atoms with Gasteiger partial charge in [0.05, 0.1) is 59.8 Å². The summed E-state index contributed by atoms with van der Waals surface area (Å²) >= 11 is 0. The molecular formula is C35H58N4O9. The molecule has 1 fully saturated rings. The van der Waals surface area contributed by atoms with E-state index in [1.54, 1.807) is 19.1 Å². The minimum Gasteiger partial charge on any atom is -0.496 e. The molecule has 272 valence electrons. The molecule has 1 aromatic carbocycles. The number of likely N-dealkylation sites (N-methyl/N-ethyl adjacent to an activating group) is 1. The van der Waals surface area contributed by atoms with E-state index in [9.17, 15) is 19.5 Å². The second-order valence-corrected chi connectivity index (χ2v) is 12.1. The Kier molecular flexibility index (Phi) is 19.8. The molecule has 0 saturated carbocycles. The van der Waals surface area contributed by atoms with E-state index in [0.717, 1.165) is 24.8 Å². The van der Waals surface area contributed by atoms with Gasteiger partial charge in [0, 0.05) is 51.8 Å². The van der Waals surface area contributed by atoms with Crippen LogP contribution in [-0.4, -0.2) is 127 Å². The number of benzene rings is 1. The number of methoxy groups -OCH3 is 2. The lowest BCUT2D eigenvalue weighted by atomic mass is 9.84. The van der Waals surface area contributed by atoms with Gasteiger partial charge in [0.1, 0.15) is 11.3 Å². The van der Waals surface area contributed by atoms with Gasteiger partial charge in [-0.25, -0.2) is 4.79 Å². The van der Waals surface area contributed by atoms with Gasteiger partial charge < -0.3 is 44.3 Å². The lowest BCUT2D eigenvalue weighted by Gasteiger charge is -2.50. The van der Waals surface area contributed by atoms with Crippen molar-refractivity contribution in [1.29, 1.82) is 0 Å². The fourth-order valence-corrected chi connectivity index (χ4v) is 5.61. The second-order valence-electron chi connectivity index (χ2n) is 12.1. The molecule has 0 aromatic heterocycles. The highest BCUT2D eigenvalue weighted by molar-refractivity contribution is 5.77. The predicted molar refractivity (Wildman–Crippen MR) is 183 cm³/mol. The monoisotopic (exact) mass is 678 g/mol. The van der Waals surface area contributed by atoms with E-state index in [0.29, 0.717) is 69.8 Å². The van der Waals surface area contributed by atoms with Crippen LogP contribution in [0.5, 0.6) is 5.75 Å². The number of carbonyl (C=O) groups excluding carboxylic acids is 2. The van der Waals surface area contributed by atoms with E-state index in [1.165, 1.54) is 12.0 Å². The number of carboxylic acid groups (broad SMARTS) is 1. The van der Waals surface area contributed by atoms with Crippen molar-refractivity contribution in [3.63, 3.8) is 0 Å². The van der Waals surface area contributed by atoms with Crippen molar-refractivity contribution in [2.24, 2.45) is 5.92 Å². The number of hydrogen-bond acceptors (Lipinski definition) is 9. The zero-order chi connectivity index (χ0) is 35.2. The maximum absolute atomic E-state index is 13.3. The summed E-state index contributed by atoms with van der Waals surface area (Å²) in [7, 11) is 4.91. The quantitative estimate of drug-likeness (QED) is 0.110. The summed E-state index contributed by atoms with van der Waals surface area (Å²) < 4.78 is 27.1. The van der Waals surface area contributed by atoms with Crippen molar-refractivity contribution in [3.05, 3.63) is 41.5 Å². The maximum Gasteiger partial charge on any atom is 0.408 e. The standard InChI is InChI=1S/C35H58N4O9/c1-28(2)10-8-6-7-9-11-32(40)37-25-29-12-13-30(31(24-29)45-5)35(26-36-3)27-38(15-16-39(35)34(42)43)33(41)14-17-46-20-21-48-23-22-47-19-18-44-4/h8,10,12-13,24,28,36H,6-7,9,11,14-23,25-27H2,1-5H3,(H,37,40)(H,42,43)/b10-8+. The molecule has 1 aliphatic rings. The van der Waals surface area contributed by atoms with Gasteiger partial charge in [0.2, 0.25) is 11.8 Å². The summed E-state index contributed by atoms with van der Waals surface area (Å²) in [5.41, 5.74) is 0.364. The van der Waals surface area contributed by atoms with Gasteiger partial charge >= 0.3 is 6.09 Å². The lowest BCUT2D eigenvalue weighted by molar-refractivity contribution is -0.138. The molecule has 1 atom stereocenters. The molecule has 13 nitrogen and oxygen atoms in total. The average Bonchev–Trinajstić information content (AvgIpc) is 3.07. The smallest absolute Gasteiger partial charge is 0.408 e. The number of hydrogen-bond donors (Lipinski definition) is 3. The molecule has 1 aromatic rings. The number of amides is 3. The van der Waals surface area contributed by atoms with Gasteiger partial charge in [-0.15, -0.1) is 0 Å². The highest BCUT2D eigenvalue weighted by atomic mass is 16.6. The van der Waals surface area contributed by atoms with E-state index in [2.05, 4.69) is 36.6 Å². The van der Waals surface area contributed by atoms with Crippen LogP contribution in [-0.2, 0) is 40.6 Å². The number of rotatable bonds is 24. The molecule has 0 spiro atoms. The zero-order valence-electron chi connectivity index (χ0n) is 29.6. The highest BCUT2D eigenvalue weighted by Crippen LogP contribution is 2.38. The Hall–Kier alpha value is -3.23. The highest BCUT2D eigenvalue weighted by Gasteiger charge is 2.48. The Bertz CT molecular complexity index is 1130. The van der Waals surface area contributed by atoms with Crippen molar-refractivity contribution in [3.8, 4) is 5.75 Å². The number of carbonyl (C=O) groups is 3. The molecule has 1 heterocycles. The zero-order valence-corrected chi connectivity index (χ0v) is 29.6. The first kappa shape index (κ1) is 40.9. The Balaban J connectivity index is 2.00. The van der Waals surface area contributed by atoms with E-state index >= 15 is 0 Å². The number of nitrogens with zero attached hydrogens (tertiary/aromatic N) is 2. The van der Waals surface area contributed by atoms with Crippen molar-refractivity contribution >= 4 is 17.9 Å². The van der Waals surface area contributed by atoms with Gasteiger partial charge in [-0.05, 0) is 43.9 Å². The van der Waals surface area contributed by atoms with Gasteiger partial charge in [0.25, 0.3) is 0 Å². The van der Waals surface area contributed by atoms with Crippen LogP contribution in [0.3, 0.4) is 0 Å². The second kappa shape index (κ2) is 23.2. The largest absolute Gasteiger partial charge is 0.496 e. The van der Waals surface area contributed by atoms with E-state index in [-0.39, 0.29) is 51.0 Å². The molecule has 0 radical (unpaired) electrons. The third kappa shape index (κ3) is 14.1. The normalized spacial score (nSPS) is 16.5. The number of unbranched alkanes of at least 4 members (excludes halogenated alkanes) is 2. The van der Waals surface area contributed by atoms with Crippen LogP contribution in [0, 0.1) is 5.92 Å². The third-order valence-corrected chi connectivity index (χ3v) is 8.05. The summed E-state index contributed by atoms with van der Waals surface area (Å²) in [4.78, 5) is 41.4. The van der Waals surface area contributed by atoms with Crippen LogP contribution in [0.1, 0.15) is 57.1 Å². The molecule has 2 rings (SSSR count). The maximum atomic E-state index is 13.3. The Morgan fingerprint density at radius 1 is 0.958 bits per heavy atom. The topological polar surface area (TPSA) is 148 Å². The van der Waals surface area contributed by atoms with E-state index in [4.69, 9.17) is 23.7 Å². The first-order chi connectivity index (χ1) is 23.2. The molecule has 3 N–H and O–H groups in total. The van der Waals surface area contributed by atoms with Crippen molar-refractivity contribution in [2.75, 3.05) is 93.7 Å². The van der Waals surface area contributed by atoms with Crippen LogP contribution in [0.4, 0.5) is 4.79 Å². The molecule has 13 heteroatoms. The SMILES string of the molecule is CNCC1(c2ccc(CNC(=O)CCCC/C=C/C(C)C)cc2OC)CN(C(=O)CCOCCOCCOCCOC)CCN1C(=O)O. The van der Waals surface area contributed by atoms with Crippen molar-refractivity contribution < 1.29 is 43.2 Å². The number of ether oxygens (including phenoxy) is 5. The van der Waals surface area contributed by atoms with Gasteiger partial charge in [-0.1, -0.05) is 38.1 Å². The molecule has 1 unspecified atom stereocenters. The van der Waals surface area contributed by atoms with Crippen LogP contribution in [0.25, 0.3) is 0 Å².